The molecule has 0 spiro atoms. The Morgan fingerprint density at radius 1 is 1.30 bits per heavy atom. The zero-order chi connectivity index (χ0) is 15.1. The number of amides is 2. The summed E-state index contributed by atoms with van der Waals surface area (Å²) in [6.07, 6.45) is 0.598. The maximum absolute atomic E-state index is 12.0. The Morgan fingerprint density at radius 2 is 1.90 bits per heavy atom. The van der Waals surface area contributed by atoms with Crippen molar-refractivity contribution in [1.29, 1.82) is 0 Å². The van der Waals surface area contributed by atoms with E-state index in [4.69, 9.17) is 18.0 Å². The van der Waals surface area contributed by atoms with E-state index in [2.05, 4.69) is 5.32 Å². The summed E-state index contributed by atoms with van der Waals surface area (Å²) in [5.41, 5.74) is 7.18. The van der Waals surface area contributed by atoms with Gasteiger partial charge in [0, 0.05) is 32.6 Å². The van der Waals surface area contributed by atoms with Crippen LogP contribution in [-0.4, -0.2) is 42.3 Å². The molecule has 1 aromatic rings. The highest BCUT2D eigenvalue weighted by molar-refractivity contribution is 7.80. The molecule has 0 aliphatic carbocycles. The average Bonchev–Trinajstić information content (AvgIpc) is 2.44. The van der Waals surface area contributed by atoms with Crippen molar-refractivity contribution in [2.45, 2.75) is 12.8 Å². The lowest BCUT2D eigenvalue weighted by molar-refractivity contribution is -0.129. The van der Waals surface area contributed by atoms with E-state index in [0.717, 1.165) is 11.1 Å². The molecule has 0 fully saturated rings. The van der Waals surface area contributed by atoms with Crippen LogP contribution in [0.1, 0.15) is 17.5 Å². The molecule has 1 rings (SSSR count). The summed E-state index contributed by atoms with van der Waals surface area (Å²) in [6.45, 7) is 0.406. The van der Waals surface area contributed by atoms with Crippen molar-refractivity contribution in [3.8, 4) is 0 Å². The molecule has 0 radical (unpaired) electrons. The van der Waals surface area contributed by atoms with Crippen molar-refractivity contribution in [3.63, 3.8) is 0 Å². The first-order valence-corrected chi connectivity index (χ1v) is 6.68. The van der Waals surface area contributed by atoms with Crippen LogP contribution in [0.15, 0.2) is 24.3 Å². The van der Waals surface area contributed by atoms with Gasteiger partial charge in [0.1, 0.15) is 4.99 Å². The van der Waals surface area contributed by atoms with E-state index in [1.165, 1.54) is 0 Å². The molecular formula is C14H19N3O2S. The van der Waals surface area contributed by atoms with Gasteiger partial charge in [0.2, 0.25) is 11.8 Å². The predicted molar refractivity (Wildman–Crippen MR) is 82.4 cm³/mol. The maximum atomic E-state index is 12.0. The summed E-state index contributed by atoms with van der Waals surface area (Å²) in [5, 5.41) is 2.52. The van der Waals surface area contributed by atoms with E-state index < -0.39 is 0 Å². The number of benzene rings is 1. The topological polar surface area (TPSA) is 75.4 Å². The van der Waals surface area contributed by atoms with Gasteiger partial charge in [-0.25, -0.2) is 0 Å². The highest BCUT2D eigenvalue weighted by atomic mass is 32.1. The molecule has 6 heteroatoms. The fourth-order valence-corrected chi connectivity index (χ4v) is 1.75. The third kappa shape index (κ3) is 4.97. The van der Waals surface area contributed by atoms with Crippen molar-refractivity contribution < 1.29 is 9.59 Å². The van der Waals surface area contributed by atoms with Gasteiger partial charge in [0.05, 0.1) is 6.42 Å². The third-order valence-corrected chi connectivity index (χ3v) is 3.21. The van der Waals surface area contributed by atoms with E-state index in [-0.39, 0.29) is 11.8 Å². The molecule has 0 atom stereocenters. The van der Waals surface area contributed by atoms with Crippen LogP contribution in [0.5, 0.6) is 0 Å². The Kier molecular flexibility index (Phi) is 6.11. The number of hydrogen-bond donors (Lipinski definition) is 2. The first-order chi connectivity index (χ1) is 9.43. The molecule has 108 valence electrons. The van der Waals surface area contributed by atoms with Crippen molar-refractivity contribution in [2.75, 3.05) is 20.6 Å². The summed E-state index contributed by atoms with van der Waals surface area (Å²) < 4.78 is 0. The number of carbonyl (C=O) groups is 2. The number of hydrogen-bond acceptors (Lipinski definition) is 3. The Bertz CT molecular complexity index is 500. The first kappa shape index (κ1) is 16.1. The van der Waals surface area contributed by atoms with Gasteiger partial charge in [-0.15, -0.1) is 0 Å². The fourth-order valence-electron chi connectivity index (χ4n) is 1.62. The molecule has 5 nitrogen and oxygen atoms in total. The lowest BCUT2D eigenvalue weighted by atomic mass is 10.1. The van der Waals surface area contributed by atoms with Gasteiger partial charge in [-0.2, -0.15) is 0 Å². The lowest BCUT2D eigenvalue weighted by Gasteiger charge is -2.16. The van der Waals surface area contributed by atoms with E-state index in [1.54, 1.807) is 31.1 Å². The molecule has 0 aromatic heterocycles. The standard InChI is InChI=1S/C14H19N3O2S/c1-16-12(18)7-8-17(2)13(19)9-10-3-5-11(6-4-10)14(15)20/h3-6H,7-9H2,1-2H3,(H2,15,20)(H,16,18). The molecule has 0 aliphatic rings. The van der Waals surface area contributed by atoms with Gasteiger partial charge in [-0.1, -0.05) is 36.5 Å². The second kappa shape index (κ2) is 7.59. The van der Waals surface area contributed by atoms with Gasteiger partial charge in [-0.05, 0) is 5.56 Å². The van der Waals surface area contributed by atoms with Crippen LogP contribution in [0.4, 0.5) is 0 Å². The third-order valence-electron chi connectivity index (χ3n) is 2.97. The van der Waals surface area contributed by atoms with E-state index >= 15 is 0 Å². The average molecular weight is 293 g/mol. The van der Waals surface area contributed by atoms with Crippen LogP contribution in [0.2, 0.25) is 0 Å². The molecule has 2 amide bonds. The molecule has 0 heterocycles. The first-order valence-electron chi connectivity index (χ1n) is 6.27. The number of carbonyl (C=O) groups excluding carboxylic acids is 2. The number of likely N-dealkylation sites (N-methyl/N-ethyl adjacent to an activating group) is 1. The van der Waals surface area contributed by atoms with Crippen LogP contribution >= 0.6 is 12.2 Å². The van der Waals surface area contributed by atoms with Gasteiger partial charge < -0.3 is 16.0 Å². The molecule has 20 heavy (non-hydrogen) atoms. The Hall–Kier alpha value is -1.95. The van der Waals surface area contributed by atoms with E-state index in [9.17, 15) is 9.59 Å². The second-order valence-corrected chi connectivity index (χ2v) is 4.92. The zero-order valence-corrected chi connectivity index (χ0v) is 12.5. The fraction of sp³-hybridized carbons (Fsp3) is 0.357. The van der Waals surface area contributed by atoms with Gasteiger partial charge in [0.25, 0.3) is 0 Å². The number of nitrogens with one attached hydrogen (secondary N) is 1. The summed E-state index contributed by atoms with van der Waals surface area (Å²) in [4.78, 5) is 25.0. The number of nitrogens with zero attached hydrogens (tertiary/aromatic N) is 1. The monoisotopic (exact) mass is 293 g/mol. The normalized spacial score (nSPS) is 9.90. The van der Waals surface area contributed by atoms with Gasteiger partial charge in [-0.3, -0.25) is 9.59 Å². The van der Waals surface area contributed by atoms with Crippen molar-refractivity contribution in [2.24, 2.45) is 5.73 Å². The maximum Gasteiger partial charge on any atom is 0.226 e. The minimum Gasteiger partial charge on any atom is -0.389 e. The van der Waals surface area contributed by atoms with Crippen molar-refractivity contribution in [3.05, 3.63) is 35.4 Å². The van der Waals surface area contributed by atoms with Crippen LogP contribution in [0.3, 0.4) is 0 Å². The minimum atomic E-state index is -0.0783. The quantitative estimate of drug-likeness (QED) is 0.747. The molecule has 0 unspecified atom stereocenters. The molecule has 3 N–H and O–H groups in total. The molecule has 0 bridgehead atoms. The predicted octanol–water partition coefficient (Wildman–Crippen LogP) is 0.458. The Morgan fingerprint density at radius 3 is 2.40 bits per heavy atom. The molecule has 0 aliphatic heterocycles. The Labute approximate surface area is 124 Å². The summed E-state index contributed by atoms with van der Waals surface area (Å²) in [6, 6.07) is 7.27. The highest BCUT2D eigenvalue weighted by Crippen LogP contribution is 2.06. The lowest BCUT2D eigenvalue weighted by Crippen LogP contribution is -2.32. The molecular weight excluding hydrogens is 274 g/mol. The van der Waals surface area contributed by atoms with Crippen LogP contribution < -0.4 is 11.1 Å². The van der Waals surface area contributed by atoms with E-state index in [0.29, 0.717) is 24.4 Å². The second-order valence-electron chi connectivity index (χ2n) is 4.48. The van der Waals surface area contributed by atoms with Crippen LogP contribution in [0, 0.1) is 0 Å². The number of rotatable bonds is 6. The largest absolute Gasteiger partial charge is 0.389 e. The summed E-state index contributed by atoms with van der Waals surface area (Å²) >= 11 is 4.87. The smallest absolute Gasteiger partial charge is 0.226 e. The molecule has 0 saturated carbocycles. The van der Waals surface area contributed by atoms with E-state index in [1.807, 2.05) is 12.1 Å². The number of thiocarbonyl (C=S) groups is 1. The number of nitrogens with two attached hydrogens (primary N) is 1. The highest BCUT2D eigenvalue weighted by Gasteiger charge is 2.11. The van der Waals surface area contributed by atoms with Crippen LogP contribution in [0.25, 0.3) is 0 Å². The summed E-state index contributed by atoms with van der Waals surface area (Å²) in [5.74, 6) is -0.109. The van der Waals surface area contributed by atoms with Crippen molar-refractivity contribution >= 4 is 29.0 Å². The Balaban J connectivity index is 2.52. The van der Waals surface area contributed by atoms with Gasteiger partial charge >= 0.3 is 0 Å². The minimum absolute atomic E-state index is 0.0306. The van der Waals surface area contributed by atoms with Crippen LogP contribution in [-0.2, 0) is 16.0 Å². The van der Waals surface area contributed by atoms with Crippen molar-refractivity contribution in [1.82, 2.24) is 10.2 Å². The molecule has 1 aromatic carbocycles. The zero-order valence-electron chi connectivity index (χ0n) is 11.7. The van der Waals surface area contributed by atoms with Gasteiger partial charge in [0.15, 0.2) is 0 Å². The SMILES string of the molecule is CNC(=O)CCN(C)C(=O)Cc1ccc(C(N)=S)cc1. The summed E-state index contributed by atoms with van der Waals surface area (Å²) in [7, 11) is 3.27. The molecule has 0 saturated heterocycles.